The number of aryl methyl sites for hydroxylation is 1. The molecular formula is C24H35BrN2O3. The largest absolute Gasteiger partial charge is 0.462 e. The van der Waals surface area contributed by atoms with Crippen LogP contribution in [0.2, 0.25) is 0 Å². The number of nitrogens with zero attached hydrogens (tertiary/aromatic N) is 2. The van der Waals surface area contributed by atoms with E-state index in [1.54, 1.807) is 0 Å². The highest BCUT2D eigenvalue weighted by Gasteiger charge is 2.29. The van der Waals surface area contributed by atoms with Gasteiger partial charge in [-0.25, -0.2) is 0 Å². The van der Waals surface area contributed by atoms with Crippen LogP contribution in [-0.2, 0) is 20.8 Å². The Balaban J connectivity index is 2.48. The fourth-order valence-corrected chi connectivity index (χ4v) is 4.10. The van der Waals surface area contributed by atoms with Gasteiger partial charge in [-0.3, -0.25) is 9.78 Å². The SMILES string of the molecule is Cc1cc2nc(CN(C)C)ccc2c(Br)c1[C@H](COC(=O)C(C)(C)C)OC(C)(C)C. The molecule has 0 amide bonds. The number of carbonyl (C=O) groups excluding carboxylic acids is 1. The average Bonchev–Trinajstić information content (AvgIpc) is 2.56. The second kappa shape index (κ2) is 9.33. The van der Waals surface area contributed by atoms with Gasteiger partial charge in [0.25, 0.3) is 0 Å². The van der Waals surface area contributed by atoms with Crippen molar-refractivity contribution in [1.82, 2.24) is 9.88 Å². The maximum Gasteiger partial charge on any atom is 0.311 e. The van der Waals surface area contributed by atoms with E-state index in [4.69, 9.17) is 14.5 Å². The van der Waals surface area contributed by atoms with Crippen LogP contribution < -0.4 is 0 Å². The van der Waals surface area contributed by atoms with Crippen molar-refractivity contribution >= 4 is 32.8 Å². The number of ether oxygens (including phenoxy) is 2. The number of benzene rings is 1. The van der Waals surface area contributed by atoms with Crippen molar-refractivity contribution in [2.24, 2.45) is 5.41 Å². The molecule has 0 radical (unpaired) electrons. The van der Waals surface area contributed by atoms with Gasteiger partial charge in [-0.1, -0.05) is 0 Å². The third-order valence-electron chi connectivity index (χ3n) is 4.51. The first kappa shape index (κ1) is 24.8. The van der Waals surface area contributed by atoms with Gasteiger partial charge < -0.3 is 14.4 Å². The van der Waals surface area contributed by atoms with Crippen LogP contribution >= 0.6 is 15.9 Å². The number of carbonyl (C=O) groups is 1. The minimum Gasteiger partial charge on any atom is -0.462 e. The van der Waals surface area contributed by atoms with Crippen molar-refractivity contribution < 1.29 is 14.3 Å². The van der Waals surface area contributed by atoms with E-state index in [0.717, 1.165) is 38.7 Å². The summed E-state index contributed by atoms with van der Waals surface area (Å²) in [5, 5.41) is 1.02. The predicted octanol–water partition coefficient (Wildman–Crippen LogP) is 5.81. The molecule has 2 rings (SSSR count). The molecule has 1 atom stereocenters. The molecule has 1 aromatic carbocycles. The molecule has 0 saturated heterocycles. The summed E-state index contributed by atoms with van der Waals surface area (Å²) in [5.74, 6) is -0.241. The van der Waals surface area contributed by atoms with Gasteiger partial charge in [0, 0.05) is 22.0 Å². The Kier molecular flexibility index (Phi) is 7.70. The summed E-state index contributed by atoms with van der Waals surface area (Å²) in [6.45, 7) is 14.6. The number of rotatable bonds is 6. The predicted molar refractivity (Wildman–Crippen MR) is 126 cm³/mol. The van der Waals surface area contributed by atoms with E-state index >= 15 is 0 Å². The van der Waals surface area contributed by atoms with E-state index < -0.39 is 17.1 Å². The lowest BCUT2D eigenvalue weighted by Gasteiger charge is -2.30. The van der Waals surface area contributed by atoms with E-state index in [2.05, 4.69) is 33.0 Å². The van der Waals surface area contributed by atoms with E-state index in [9.17, 15) is 4.79 Å². The maximum absolute atomic E-state index is 12.4. The number of hydrogen-bond donors (Lipinski definition) is 0. The number of hydrogen-bond acceptors (Lipinski definition) is 5. The molecule has 0 saturated carbocycles. The van der Waals surface area contributed by atoms with Gasteiger partial charge in [0.05, 0.1) is 22.2 Å². The highest BCUT2D eigenvalue weighted by molar-refractivity contribution is 9.10. The van der Waals surface area contributed by atoms with Crippen LogP contribution in [0.4, 0.5) is 0 Å². The number of esters is 1. The Labute approximate surface area is 189 Å². The Morgan fingerprint density at radius 2 is 1.80 bits per heavy atom. The van der Waals surface area contributed by atoms with Gasteiger partial charge in [-0.2, -0.15) is 0 Å². The fourth-order valence-electron chi connectivity index (χ4n) is 3.19. The zero-order valence-electron chi connectivity index (χ0n) is 19.7. The molecule has 2 aromatic rings. The summed E-state index contributed by atoms with van der Waals surface area (Å²) < 4.78 is 12.9. The van der Waals surface area contributed by atoms with Crippen LogP contribution in [0.3, 0.4) is 0 Å². The van der Waals surface area contributed by atoms with Crippen molar-refractivity contribution in [2.75, 3.05) is 20.7 Å². The number of fused-ring (bicyclic) bond motifs is 1. The van der Waals surface area contributed by atoms with E-state index in [0.29, 0.717) is 0 Å². The minimum atomic E-state index is -0.561. The molecule has 1 aromatic heterocycles. The molecule has 1 heterocycles. The minimum absolute atomic E-state index is 0.157. The number of halogens is 1. The first-order valence-electron chi connectivity index (χ1n) is 10.3. The van der Waals surface area contributed by atoms with Crippen molar-refractivity contribution in [3.8, 4) is 0 Å². The molecule has 0 N–H and O–H groups in total. The summed E-state index contributed by atoms with van der Waals surface area (Å²) in [6, 6.07) is 6.22. The molecule has 0 fully saturated rings. The molecule has 6 heteroatoms. The fraction of sp³-hybridized carbons (Fsp3) is 0.583. The zero-order valence-corrected chi connectivity index (χ0v) is 21.3. The lowest BCUT2D eigenvalue weighted by atomic mass is 9.97. The van der Waals surface area contributed by atoms with Crippen LogP contribution in [0, 0.1) is 12.3 Å². The lowest BCUT2D eigenvalue weighted by molar-refractivity contribution is -0.162. The van der Waals surface area contributed by atoms with Gasteiger partial charge in [-0.15, -0.1) is 0 Å². The van der Waals surface area contributed by atoms with Gasteiger partial charge in [0.2, 0.25) is 0 Å². The highest BCUT2D eigenvalue weighted by atomic mass is 79.9. The molecule has 5 nitrogen and oxygen atoms in total. The molecular weight excluding hydrogens is 444 g/mol. The molecule has 0 unspecified atom stereocenters. The second-order valence-corrected chi connectivity index (χ2v) is 10.9. The molecule has 0 aliphatic rings. The normalized spacial score (nSPS) is 13.7. The van der Waals surface area contributed by atoms with Gasteiger partial charge in [0.15, 0.2) is 0 Å². The molecule has 0 aliphatic heterocycles. The van der Waals surface area contributed by atoms with Crippen molar-refractivity contribution in [1.29, 1.82) is 0 Å². The van der Waals surface area contributed by atoms with E-state index in [1.165, 1.54) is 0 Å². The summed E-state index contributed by atoms with van der Waals surface area (Å²) in [7, 11) is 4.06. The Morgan fingerprint density at radius 3 is 2.33 bits per heavy atom. The Morgan fingerprint density at radius 1 is 1.17 bits per heavy atom. The van der Waals surface area contributed by atoms with E-state index in [-0.39, 0.29) is 12.6 Å². The second-order valence-electron chi connectivity index (χ2n) is 10.1. The lowest BCUT2D eigenvalue weighted by Crippen LogP contribution is -2.30. The number of pyridine rings is 1. The molecule has 166 valence electrons. The summed E-state index contributed by atoms with van der Waals surface area (Å²) >= 11 is 3.79. The van der Waals surface area contributed by atoms with Crippen molar-refractivity contribution in [2.45, 2.75) is 66.7 Å². The summed E-state index contributed by atoms with van der Waals surface area (Å²) in [6.07, 6.45) is -0.392. The van der Waals surface area contributed by atoms with Crippen LogP contribution in [0.1, 0.15) is 64.5 Å². The Bertz CT molecular complexity index is 911. The monoisotopic (exact) mass is 478 g/mol. The average molecular weight is 479 g/mol. The third kappa shape index (κ3) is 6.50. The van der Waals surface area contributed by atoms with Crippen molar-refractivity contribution in [3.05, 3.63) is 39.5 Å². The first-order chi connectivity index (χ1) is 13.7. The van der Waals surface area contributed by atoms with Gasteiger partial charge in [-0.05, 0) is 102 Å². The van der Waals surface area contributed by atoms with Crippen LogP contribution in [-0.4, -0.2) is 42.2 Å². The first-order valence-corrected chi connectivity index (χ1v) is 11.1. The van der Waals surface area contributed by atoms with Crippen LogP contribution in [0.15, 0.2) is 22.7 Å². The molecule has 0 spiro atoms. The van der Waals surface area contributed by atoms with Crippen LogP contribution in [0.5, 0.6) is 0 Å². The summed E-state index contributed by atoms with van der Waals surface area (Å²) in [5.41, 5.74) is 3.03. The zero-order chi connectivity index (χ0) is 22.9. The topological polar surface area (TPSA) is 51.7 Å². The van der Waals surface area contributed by atoms with Crippen molar-refractivity contribution in [3.63, 3.8) is 0 Å². The van der Waals surface area contributed by atoms with Crippen LogP contribution in [0.25, 0.3) is 10.9 Å². The number of aromatic nitrogens is 1. The summed E-state index contributed by atoms with van der Waals surface area (Å²) in [4.78, 5) is 19.3. The van der Waals surface area contributed by atoms with Gasteiger partial charge in [0.1, 0.15) is 12.7 Å². The van der Waals surface area contributed by atoms with E-state index in [1.807, 2.05) is 68.6 Å². The standard InChI is InChI=1S/C24H35BrN2O3/c1-15-12-18-17(11-10-16(26-18)13-27(8)9)21(25)20(15)19(30-24(5,6)7)14-29-22(28)23(2,3)4/h10-12,19H,13-14H2,1-9H3/t19-/m0/s1. The Hall–Kier alpha value is -1.50. The molecule has 0 aliphatic carbocycles. The third-order valence-corrected chi connectivity index (χ3v) is 5.36. The molecule has 30 heavy (non-hydrogen) atoms. The van der Waals surface area contributed by atoms with Gasteiger partial charge >= 0.3 is 5.97 Å². The highest BCUT2D eigenvalue weighted by Crippen LogP contribution is 2.37. The molecule has 0 bridgehead atoms. The smallest absolute Gasteiger partial charge is 0.311 e. The maximum atomic E-state index is 12.4. The quantitative estimate of drug-likeness (QED) is 0.490.